The molecule has 1 atom stereocenters. The van der Waals surface area contributed by atoms with Gasteiger partial charge in [-0.25, -0.2) is 4.68 Å². The molecule has 0 bridgehead atoms. The van der Waals surface area contributed by atoms with Crippen molar-refractivity contribution in [1.82, 2.24) is 25.1 Å². The molecule has 142 valence electrons. The van der Waals surface area contributed by atoms with E-state index >= 15 is 0 Å². The standard InChI is InChI=1S/C20H32N6/c1-5-10-18(19-21-22-23-26(19)20(3,4)6-2)25-15-13-24(14-16-25)17-11-8-7-9-12-17/h7-9,11-12,18H,5-6,10,13-16H2,1-4H3. The molecule has 0 N–H and O–H groups in total. The van der Waals surface area contributed by atoms with E-state index in [4.69, 9.17) is 0 Å². The summed E-state index contributed by atoms with van der Waals surface area (Å²) in [7, 11) is 0. The number of benzene rings is 1. The molecule has 0 radical (unpaired) electrons. The van der Waals surface area contributed by atoms with Crippen LogP contribution in [0.25, 0.3) is 0 Å². The van der Waals surface area contributed by atoms with E-state index in [0.29, 0.717) is 6.04 Å². The number of hydrogen-bond acceptors (Lipinski definition) is 5. The molecule has 0 aliphatic carbocycles. The number of hydrogen-bond donors (Lipinski definition) is 0. The van der Waals surface area contributed by atoms with Crippen molar-refractivity contribution in [3.8, 4) is 0 Å². The average molecular weight is 357 g/mol. The van der Waals surface area contributed by atoms with Crippen molar-refractivity contribution in [1.29, 1.82) is 0 Å². The minimum atomic E-state index is -0.0588. The van der Waals surface area contributed by atoms with Crippen LogP contribution in [0.2, 0.25) is 0 Å². The SMILES string of the molecule is CCCC(c1nnnn1C(C)(C)CC)N1CCN(c2ccccc2)CC1. The fraction of sp³-hybridized carbons (Fsp3) is 0.650. The normalized spacial score (nSPS) is 17.5. The molecular weight excluding hydrogens is 324 g/mol. The first kappa shape index (κ1) is 18.8. The summed E-state index contributed by atoms with van der Waals surface area (Å²) >= 11 is 0. The van der Waals surface area contributed by atoms with E-state index in [0.717, 1.165) is 51.3 Å². The van der Waals surface area contributed by atoms with Gasteiger partial charge >= 0.3 is 0 Å². The first-order chi connectivity index (χ1) is 12.6. The highest BCUT2D eigenvalue weighted by atomic mass is 15.6. The van der Waals surface area contributed by atoms with Crippen LogP contribution in [0, 0.1) is 0 Å². The fourth-order valence-corrected chi connectivity index (χ4v) is 3.66. The number of anilines is 1. The topological polar surface area (TPSA) is 50.1 Å². The Hall–Kier alpha value is -1.95. The van der Waals surface area contributed by atoms with E-state index in [9.17, 15) is 0 Å². The lowest BCUT2D eigenvalue weighted by Crippen LogP contribution is -2.48. The Morgan fingerprint density at radius 1 is 1.04 bits per heavy atom. The van der Waals surface area contributed by atoms with Crippen molar-refractivity contribution in [3.63, 3.8) is 0 Å². The number of piperazine rings is 1. The number of para-hydroxylation sites is 1. The van der Waals surface area contributed by atoms with E-state index in [1.165, 1.54) is 5.69 Å². The summed E-state index contributed by atoms with van der Waals surface area (Å²) in [5.41, 5.74) is 1.26. The van der Waals surface area contributed by atoms with Gasteiger partial charge in [0.1, 0.15) is 0 Å². The van der Waals surface area contributed by atoms with Gasteiger partial charge in [0.2, 0.25) is 0 Å². The van der Waals surface area contributed by atoms with Gasteiger partial charge in [-0.3, -0.25) is 4.90 Å². The summed E-state index contributed by atoms with van der Waals surface area (Å²) in [6.45, 7) is 13.0. The first-order valence-electron chi connectivity index (χ1n) is 9.89. The predicted octanol–water partition coefficient (Wildman–Crippen LogP) is 3.48. The van der Waals surface area contributed by atoms with Crippen LogP contribution in [0.15, 0.2) is 30.3 Å². The van der Waals surface area contributed by atoms with Crippen molar-refractivity contribution in [2.24, 2.45) is 0 Å². The zero-order chi connectivity index (χ0) is 18.6. The Balaban J connectivity index is 1.75. The van der Waals surface area contributed by atoms with Crippen LogP contribution in [-0.2, 0) is 5.54 Å². The van der Waals surface area contributed by atoms with Gasteiger partial charge in [-0.15, -0.1) is 5.10 Å². The molecule has 2 heterocycles. The Kier molecular flexibility index (Phi) is 5.91. The van der Waals surface area contributed by atoms with Crippen LogP contribution >= 0.6 is 0 Å². The smallest absolute Gasteiger partial charge is 0.168 e. The van der Waals surface area contributed by atoms with Crippen molar-refractivity contribution in [2.45, 2.75) is 58.5 Å². The number of aromatic nitrogens is 4. The van der Waals surface area contributed by atoms with E-state index in [1.54, 1.807) is 0 Å². The summed E-state index contributed by atoms with van der Waals surface area (Å²) in [5, 5.41) is 12.8. The highest BCUT2D eigenvalue weighted by Crippen LogP contribution is 2.30. The maximum atomic E-state index is 4.45. The maximum Gasteiger partial charge on any atom is 0.168 e. The molecule has 26 heavy (non-hydrogen) atoms. The lowest BCUT2D eigenvalue weighted by atomic mass is 10.0. The summed E-state index contributed by atoms with van der Waals surface area (Å²) in [6, 6.07) is 11.0. The second-order valence-corrected chi connectivity index (χ2v) is 7.78. The second kappa shape index (κ2) is 8.16. The summed E-state index contributed by atoms with van der Waals surface area (Å²) in [4.78, 5) is 5.04. The van der Waals surface area contributed by atoms with Crippen LogP contribution in [0.4, 0.5) is 5.69 Å². The minimum Gasteiger partial charge on any atom is -0.369 e. The Labute approximate surface area is 157 Å². The number of tetrazole rings is 1. The molecule has 0 amide bonds. The molecule has 0 spiro atoms. The molecule has 1 aliphatic heterocycles. The van der Waals surface area contributed by atoms with Gasteiger partial charge < -0.3 is 4.90 Å². The Morgan fingerprint density at radius 2 is 1.73 bits per heavy atom. The largest absolute Gasteiger partial charge is 0.369 e. The van der Waals surface area contributed by atoms with Gasteiger partial charge in [0.25, 0.3) is 0 Å². The van der Waals surface area contributed by atoms with Crippen molar-refractivity contribution >= 4 is 5.69 Å². The molecule has 1 aromatic carbocycles. The van der Waals surface area contributed by atoms with E-state index in [1.807, 2.05) is 0 Å². The predicted molar refractivity (Wildman–Crippen MR) is 105 cm³/mol. The van der Waals surface area contributed by atoms with Crippen LogP contribution in [0.5, 0.6) is 0 Å². The van der Waals surface area contributed by atoms with Gasteiger partial charge in [-0.2, -0.15) is 0 Å². The third kappa shape index (κ3) is 3.90. The summed E-state index contributed by atoms with van der Waals surface area (Å²) in [6.07, 6.45) is 3.22. The zero-order valence-corrected chi connectivity index (χ0v) is 16.6. The Morgan fingerprint density at radius 3 is 2.35 bits per heavy atom. The van der Waals surface area contributed by atoms with Crippen LogP contribution in [0.1, 0.15) is 58.8 Å². The molecule has 6 nitrogen and oxygen atoms in total. The molecule has 6 heteroatoms. The van der Waals surface area contributed by atoms with Gasteiger partial charge in [0.15, 0.2) is 5.82 Å². The van der Waals surface area contributed by atoms with Crippen molar-refractivity contribution in [3.05, 3.63) is 36.2 Å². The highest BCUT2D eigenvalue weighted by Gasteiger charge is 2.32. The number of rotatable bonds is 7. The Bertz CT molecular complexity index is 673. The summed E-state index contributed by atoms with van der Waals surface area (Å²) in [5.74, 6) is 1.02. The fourth-order valence-electron chi connectivity index (χ4n) is 3.66. The van der Waals surface area contributed by atoms with E-state index in [2.05, 4.69) is 88.0 Å². The second-order valence-electron chi connectivity index (χ2n) is 7.78. The van der Waals surface area contributed by atoms with Crippen LogP contribution in [0.3, 0.4) is 0 Å². The van der Waals surface area contributed by atoms with Gasteiger partial charge in [-0.05, 0) is 49.2 Å². The molecule has 1 saturated heterocycles. The molecule has 1 aromatic heterocycles. The molecule has 1 unspecified atom stereocenters. The molecule has 1 fully saturated rings. The van der Waals surface area contributed by atoms with Gasteiger partial charge in [0.05, 0.1) is 11.6 Å². The third-order valence-electron chi connectivity index (χ3n) is 5.67. The summed E-state index contributed by atoms with van der Waals surface area (Å²) < 4.78 is 2.05. The molecular formula is C20H32N6. The first-order valence-corrected chi connectivity index (χ1v) is 9.89. The van der Waals surface area contributed by atoms with Crippen LogP contribution in [-0.4, -0.2) is 51.3 Å². The molecule has 0 saturated carbocycles. The maximum absolute atomic E-state index is 4.45. The van der Waals surface area contributed by atoms with E-state index < -0.39 is 0 Å². The number of nitrogens with zero attached hydrogens (tertiary/aromatic N) is 6. The van der Waals surface area contributed by atoms with E-state index in [-0.39, 0.29) is 5.54 Å². The van der Waals surface area contributed by atoms with Crippen molar-refractivity contribution < 1.29 is 0 Å². The monoisotopic (exact) mass is 356 g/mol. The lowest BCUT2D eigenvalue weighted by Gasteiger charge is -2.40. The average Bonchev–Trinajstić information content (AvgIpc) is 3.17. The van der Waals surface area contributed by atoms with Gasteiger partial charge in [0, 0.05) is 31.9 Å². The lowest BCUT2D eigenvalue weighted by molar-refractivity contribution is 0.154. The molecule has 1 aliphatic rings. The van der Waals surface area contributed by atoms with Crippen LogP contribution < -0.4 is 4.90 Å². The highest BCUT2D eigenvalue weighted by molar-refractivity contribution is 5.46. The molecule has 3 rings (SSSR count). The van der Waals surface area contributed by atoms with Crippen molar-refractivity contribution in [2.75, 3.05) is 31.1 Å². The zero-order valence-electron chi connectivity index (χ0n) is 16.6. The minimum absolute atomic E-state index is 0.0588. The quantitative estimate of drug-likeness (QED) is 0.760. The third-order valence-corrected chi connectivity index (χ3v) is 5.67. The van der Waals surface area contributed by atoms with Gasteiger partial charge in [-0.1, -0.05) is 38.5 Å². The molecule has 2 aromatic rings.